The average Bonchev–Trinajstić information content (AvgIpc) is 1.84. The lowest BCUT2D eigenvalue weighted by Gasteiger charge is -2.24. The van der Waals surface area contributed by atoms with E-state index in [1.807, 2.05) is 13.8 Å². The molecule has 0 aliphatic carbocycles. The molecule has 2 heteroatoms. The summed E-state index contributed by atoms with van der Waals surface area (Å²) in [6, 6.07) is 0. The Morgan fingerprint density at radius 1 is 1.42 bits per heavy atom. The van der Waals surface area contributed by atoms with E-state index in [0.717, 1.165) is 6.42 Å². The molecule has 0 aliphatic heterocycles. The molecule has 1 amide bonds. The Bertz CT molecular complexity index is 150. The average molecular weight is 171 g/mol. The van der Waals surface area contributed by atoms with Gasteiger partial charge in [-0.25, -0.2) is 0 Å². The molecule has 12 heavy (non-hydrogen) atoms. The molecular formula is C10H21NO. The molecule has 0 saturated carbocycles. The largest absolute Gasteiger partial charge is 0.351 e. The SMILES string of the molecule is CCC(C)(C)NC(=O)CC(C)C. The lowest BCUT2D eigenvalue weighted by molar-refractivity contribution is -0.123. The summed E-state index contributed by atoms with van der Waals surface area (Å²) in [6.07, 6.45) is 1.60. The van der Waals surface area contributed by atoms with Crippen LogP contribution in [0.3, 0.4) is 0 Å². The van der Waals surface area contributed by atoms with Gasteiger partial charge in [-0.15, -0.1) is 0 Å². The highest BCUT2D eigenvalue weighted by Gasteiger charge is 2.17. The quantitative estimate of drug-likeness (QED) is 0.691. The molecule has 72 valence electrons. The maximum absolute atomic E-state index is 11.3. The monoisotopic (exact) mass is 171 g/mol. The van der Waals surface area contributed by atoms with Crippen LogP contribution in [0.5, 0.6) is 0 Å². The summed E-state index contributed by atoms with van der Waals surface area (Å²) in [5, 5.41) is 3.00. The molecule has 0 unspecified atom stereocenters. The molecule has 0 saturated heterocycles. The Morgan fingerprint density at radius 2 is 1.92 bits per heavy atom. The van der Waals surface area contributed by atoms with E-state index in [9.17, 15) is 4.79 Å². The van der Waals surface area contributed by atoms with Crippen LogP contribution in [0.4, 0.5) is 0 Å². The zero-order chi connectivity index (χ0) is 9.78. The molecule has 0 aromatic rings. The molecule has 2 nitrogen and oxygen atoms in total. The van der Waals surface area contributed by atoms with Crippen LogP contribution in [0, 0.1) is 5.92 Å². The predicted octanol–water partition coefficient (Wildman–Crippen LogP) is 2.34. The first-order valence-corrected chi connectivity index (χ1v) is 4.68. The molecular weight excluding hydrogens is 150 g/mol. The number of rotatable bonds is 4. The third-order valence-electron chi connectivity index (χ3n) is 1.96. The van der Waals surface area contributed by atoms with E-state index in [4.69, 9.17) is 0 Å². The topological polar surface area (TPSA) is 29.1 Å². The van der Waals surface area contributed by atoms with Crippen molar-refractivity contribution >= 4 is 5.91 Å². The van der Waals surface area contributed by atoms with Gasteiger partial charge >= 0.3 is 0 Å². The Kier molecular flexibility index (Phi) is 4.29. The number of hydrogen-bond acceptors (Lipinski definition) is 1. The maximum Gasteiger partial charge on any atom is 0.220 e. The zero-order valence-electron chi connectivity index (χ0n) is 8.90. The van der Waals surface area contributed by atoms with Crippen molar-refractivity contribution in [1.29, 1.82) is 0 Å². The fourth-order valence-corrected chi connectivity index (χ4v) is 0.888. The number of carbonyl (C=O) groups excluding carboxylic acids is 1. The second-order valence-electron chi connectivity index (χ2n) is 4.38. The van der Waals surface area contributed by atoms with Crippen LogP contribution in [-0.4, -0.2) is 11.4 Å². The number of carbonyl (C=O) groups is 1. The molecule has 0 spiro atoms. The molecule has 0 heterocycles. The zero-order valence-corrected chi connectivity index (χ0v) is 8.90. The van der Waals surface area contributed by atoms with E-state index >= 15 is 0 Å². The van der Waals surface area contributed by atoms with Crippen LogP contribution in [0.25, 0.3) is 0 Å². The summed E-state index contributed by atoms with van der Waals surface area (Å²) < 4.78 is 0. The Hall–Kier alpha value is -0.530. The van der Waals surface area contributed by atoms with Crippen molar-refractivity contribution in [3.8, 4) is 0 Å². The van der Waals surface area contributed by atoms with Crippen LogP contribution in [0.1, 0.15) is 47.5 Å². The lowest BCUT2D eigenvalue weighted by atomic mass is 10.0. The van der Waals surface area contributed by atoms with Gasteiger partial charge in [0.1, 0.15) is 0 Å². The summed E-state index contributed by atoms with van der Waals surface area (Å²) in [5.41, 5.74) is -0.0496. The Morgan fingerprint density at radius 3 is 2.25 bits per heavy atom. The van der Waals surface area contributed by atoms with Gasteiger partial charge in [0.25, 0.3) is 0 Å². The lowest BCUT2D eigenvalue weighted by Crippen LogP contribution is -2.43. The summed E-state index contributed by atoms with van der Waals surface area (Å²) in [5.74, 6) is 0.606. The summed E-state index contributed by atoms with van der Waals surface area (Å²) >= 11 is 0. The molecule has 0 bridgehead atoms. The van der Waals surface area contributed by atoms with Gasteiger partial charge in [-0.3, -0.25) is 4.79 Å². The molecule has 0 atom stereocenters. The van der Waals surface area contributed by atoms with Crippen molar-refractivity contribution in [1.82, 2.24) is 5.32 Å². The first-order valence-electron chi connectivity index (χ1n) is 4.68. The highest BCUT2D eigenvalue weighted by molar-refractivity contribution is 5.76. The summed E-state index contributed by atoms with van der Waals surface area (Å²) in [7, 11) is 0. The highest BCUT2D eigenvalue weighted by atomic mass is 16.1. The number of hydrogen-bond donors (Lipinski definition) is 1. The van der Waals surface area contributed by atoms with Gasteiger partial charge < -0.3 is 5.32 Å². The van der Waals surface area contributed by atoms with Crippen LogP contribution in [-0.2, 0) is 4.79 Å². The van der Waals surface area contributed by atoms with Crippen molar-refractivity contribution < 1.29 is 4.79 Å². The van der Waals surface area contributed by atoms with Gasteiger partial charge in [-0.2, -0.15) is 0 Å². The molecule has 0 radical (unpaired) electrons. The molecule has 0 aromatic heterocycles. The van der Waals surface area contributed by atoms with Crippen molar-refractivity contribution in [2.24, 2.45) is 5.92 Å². The third kappa shape index (κ3) is 5.16. The van der Waals surface area contributed by atoms with Gasteiger partial charge in [0.05, 0.1) is 0 Å². The summed E-state index contributed by atoms with van der Waals surface area (Å²) in [4.78, 5) is 11.3. The second kappa shape index (κ2) is 4.48. The predicted molar refractivity (Wildman–Crippen MR) is 52.0 cm³/mol. The van der Waals surface area contributed by atoms with Crippen LogP contribution >= 0.6 is 0 Å². The van der Waals surface area contributed by atoms with Crippen LogP contribution in [0.15, 0.2) is 0 Å². The molecule has 0 aliphatic rings. The Labute approximate surface area is 75.7 Å². The third-order valence-corrected chi connectivity index (χ3v) is 1.96. The van der Waals surface area contributed by atoms with E-state index < -0.39 is 0 Å². The normalized spacial score (nSPS) is 11.8. The minimum atomic E-state index is -0.0496. The standard InChI is InChI=1S/C10H21NO/c1-6-10(4,5)11-9(12)7-8(2)3/h8H,6-7H2,1-5H3,(H,11,12). The van der Waals surface area contributed by atoms with Crippen molar-refractivity contribution in [2.45, 2.75) is 53.0 Å². The number of amides is 1. The van der Waals surface area contributed by atoms with Gasteiger partial charge in [0, 0.05) is 12.0 Å². The van der Waals surface area contributed by atoms with Crippen LogP contribution < -0.4 is 5.32 Å². The molecule has 0 aromatic carbocycles. The van der Waals surface area contributed by atoms with E-state index in [-0.39, 0.29) is 11.4 Å². The number of nitrogens with one attached hydrogen (secondary N) is 1. The van der Waals surface area contributed by atoms with E-state index in [1.165, 1.54) is 0 Å². The fourth-order valence-electron chi connectivity index (χ4n) is 0.888. The minimum Gasteiger partial charge on any atom is -0.351 e. The summed E-state index contributed by atoms with van der Waals surface area (Å²) in [6.45, 7) is 10.3. The molecule has 0 rings (SSSR count). The van der Waals surface area contributed by atoms with E-state index in [1.54, 1.807) is 0 Å². The minimum absolute atomic E-state index is 0.0496. The van der Waals surface area contributed by atoms with Crippen molar-refractivity contribution in [3.63, 3.8) is 0 Å². The Balaban J connectivity index is 3.84. The van der Waals surface area contributed by atoms with Gasteiger partial charge in [-0.05, 0) is 26.2 Å². The van der Waals surface area contributed by atoms with Gasteiger partial charge in [0.2, 0.25) is 5.91 Å². The molecule has 0 fully saturated rings. The van der Waals surface area contributed by atoms with Crippen LogP contribution in [0.2, 0.25) is 0 Å². The van der Waals surface area contributed by atoms with E-state index in [0.29, 0.717) is 12.3 Å². The smallest absolute Gasteiger partial charge is 0.220 e. The first kappa shape index (κ1) is 11.5. The van der Waals surface area contributed by atoms with Crippen molar-refractivity contribution in [2.75, 3.05) is 0 Å². The van der Waals surface area contributed by atoms with Gasteiger partial charge in [0.15, 0.2) is 0 Å². The highest BCUT2D eigenvalue weighted by Crippen LogP contribution is 2.08. The maximum atomic E-state index is 11.3. The molecule has 1 N–H and O–H groups in total. The van der Waals surface area contributed by atoms with E-state index in [2.05, 4.69) is 26.1 Å². The fraction of sp³-hybridized carbons (Fsp3) is 0.900. The van der Waals surface area contributed by atoms with Crippen molar-refractivity contribution in [3.05, 3.63) is 0 Å². The second-order valence-corrected chi connectivity index (χ2v) is 4.38. The first-order chi connectivity index (χ1) is 5.37. The van der Waals surface area contributed by atoms with Gasteiger partial charge in [-0.1, -0.05) is 20.8 Å².